The Balaban J connectivity index is 2.28. The van der Waals surface area contributed by atoms with Crippen molar-refractivity contribution in [3.63, 3.8) is 0 Å². The molecule has 1 aliphatic heterocycles. The molecule has 1 aromatic carbocycles. The number of carboxylic acids is 1. The lowest BCUT2D eigenvalue weighted by Gasteiger charge is -2.33. The predicted molar refractivity (Wildman–Crippen MR) is 78.2 cm³/mol. The highest BCUT2D eigenvalue weighted by Gasteiger charge is 2.28. The molecule has 0 aromatic heterocycles. The second-order valence-electron chi connectivity index (χ2n) is 4.77. The molecule has 0 saturated carbocycles. The Bertz CT molecular complexity index is 547. The molecule has 0 saturated heterocycles. The van der Waals surface area contributed by atoms with Gasteiger partial charge in [-0.2, -0.15) is 0 Å². The first-order chi connectivity index (χ1) is 10.1. The minimum absolute atomic E-state index is 0.0721. The van der Waals surface area contributed by atoms with Crippen molar-refractivity contribution in [1.29, 1.82) is 0 Å². The molecule has 7 nitrogen and oxygen atoms in total. The third-order valence-corrected chi connectivity index (χ3v) is 3.33. The molecule has 1 aromatic rings. The van der Waals surface area contributed by atoms with Gasteiger partial charge in [0.25, 0.3) is 0 Å². The second-order valence-corrected chi connectivity index (χ2v) is 4.77. The van der Waals surface area contributed by atoms with Gasteiger partial charge in [0.05, 0.1) is 12.2 Å². The SMILES string of the molecule is CNCCN(C)C(=O)N1CCOc2c(C(=O)O)cccc21. The van der Waals surface area contributed by atoms with E-state index in [-0.39, 0.29) is 24.0 Å². The molecule has 2 N–H and O–H groups in total. The maximum atomic E-state index is 12.5. The lowest BCUT2D eigenvalue weighted by atomic mass is 10.1. The monoisotopic (exact) mass is 293 g/mol. The van der Waals surface area contributed by atoms with Crippen LogP contribution in [0.5, 0.6) is 5.75 Å². The first-order valence-corrected chi connectivity index (χ1v) is 6.72. The number of amides is 2. The highest BCUT2D eigenvalue weighted by molar-refractivity contribution is 5.99. The zero-order valence-electron chi connectivity index (χ0n) is 12.1. The number of likely N-dealkylation sites (N-methyl/N-ethyl adjacent to an activating group) is 2. The van der Waals surface area contributed by atoms with Crippen LogP contribution < -0.4 is 15.0 Å². The van der Waals surface area contributed by atoms with Gasteiger partial charge in [-0.15, -0.1) is 0 Å². The van der Waals surface area contributed by atoms with Crippen LogP contribution in [0.25, 0.3) is 0 Å². The van der Waals surface area contributed by atoms with Crippen molar-refractivity contribution in [2.45, 2.75) is 0 Å². The third-order valence-electron chi connectivity index (χ3n) is 3.33. The number of nitrogens with one attached hydrogen (secondary N) is 1. The van der Waals surface area contributed by atoms with Gasteiger partial charge in [-0.1, -0.05) is 6.07 Å². The summed E-state index contributed by atoms with van der Waals surface area (Å²) >= 11 is 0. The van der Waals surface area contributed by atoms with Gasteiger partial charge >= 0.3 is 12.0 Å². The van der Waals surface area contributed by atoms with Gasteiger partial charge in [0.15, 0.2) is 5.75 Å². The van der Waals surface area contributed by atoms with E-state index in [9.17, 15) is 14.7 Å². The van der Waals surface area contributed by atoms with Crippen LogP contribution in [0.1, 0.15) is 10.4 Å². The number of carbonyl (C=O) groups excluding carboxylic acids is 1. The number of rotatable bonds is 4. The molecule has 1 heterocycles. The molecule has 0 fully saturated rings. The van der Waals surface area contributed by atoms with E-state index in [1.807, 2.05) is 7.05 Å². The van der Waals surface area contributed by atoms with Gasteiger partial charge < -0.3 is 20.1 Å². The third kappa shape index (κ3) is 3.08. The van der Waals surface area contributed by atoms with E-state index in [4.69, 9.17) is 4.74 Å². The van der Waals surface area contributed by atoms with Gasteiger partial charge in [-0.05, 0) is 19.2 Å². The van der Waals surface area contributed by atoms with Crippen LogP contribution in [-0.4, -0.2) is 62.3 Å². The Hall–Kier alpha value is -2.28. The fraction of sp³-hybridized carbons (Fsp3) is 0.429. The molecule has 0 spiro atoms. The highest BCUT2D eigenvalue weighted by Crippen LogP contribution is 2.35. The van der Waals surface area contributed by atoms with Gasteiger partial charge in [-0.25, -0.2) is 9.59 Å². The van der Waals surface area contributed by atoms with Crippen molar-refractivity contribution < 1.29 is 19.4 Å². The first-order valence-electron chi connectivity index (χ1n) is 6.72. The number of aromatic carboxylic acids is 1. The summed E-state index contributed by atoms with van der Waals surface area (Å²) in [5.41, 5.74) is 0.574. The number of urea groups is 1. The van der Waals surface area contributed by atoms with Crippen LogP contribution in [0.3, 0.4) is 0 Å². The molecule has 2 rings (SSSR count). The Kier molecular flexibility index (Phi) is 4.64. The summed E-state index contributed by atoms with van der Waals surface area (Å²) in [7, 11) is 3.54. The average molecular weight is 293 g/mol. The Morgan fingerprint density at radius 1 is 1.48 bits per heavy atom. The summed E-state index contributed by atoms with van der Waals surface area (Å²) in [6.45, 7) is 1.94. The fourth-order valence-electron chi connectivity index (χ4n) is 2.20. The summed E-state index contributed by atoms with van der Waals surface area (Å²) in [5.74, 6) is -0.809. The van der Waals surface area contributed by atoms with Crippen molar-refractivity contribution in [2.24, 2.45) is 0 Å². The fourth-order valence-corrected chi connectivity index (χ4v) is 2.20. The lowest BCUT2D eigenvalue weighted by Crippen LogP contribution is -2.46. The molecule has 0 atom stereocenters. The molecule has 2 amide bonds. The molecule has 1 aliphatic rings. The lowest BCUT2D eigenvalue weighted by molar-refractivity contribution is 0.0691. The number of carboxylic acid groups (broad SMARTS) is 1. The van der Waals surface area contributed by atoms with Crippen molar-refractivity contribution in [1.82, 2.24) is 10.2 Å². The van der Waals surface area contributed by atoms with Crippen LogP contribution in [0, 0.1) is 0 Å². The Labute approximate surface area is 123 Å². The molecular weight excluding hydrogens is 274 g/mol. The zero-order chi connectivity index (χ0) is 15.4. The maximum Gasteiger partial charge on any atom is 0.339 e. The molecule has 0 radical (unpaired) electrons. The Morgan fingerprint density at radius 3 is 2.90 bits per heavy atom. The Morgan fingerprint density at radius 2 is 2.24 bits per heavy atom. The van der Waals surface area contributed by atoms with Gasteiger partial charge in [0.2, 0.25) is 0 Å². The van der Waals surface area contributed by atoms with Crippen molar-refractivity contribution in [3.8, 4) is 5.75 Å². The molecule has 0 bridgehead atoms. The van der Waals surface area contributed by atoms with E-state index in [0.29, 0.717) is 25.3 Å². The highest BCUT2D eigenvalue weighted by atomic mass is 16.5. The van der Waals surface area contributed by atoms with E-state index < -0.39 is 5.97 Å². The predicted octanol–water partition coefficient (Wildman–Crippen LogP) is 0.855. The van der Waals surface area contributed by atoms with E-state index in [0.717, 1.165) is 0 Å². The number of nitrogens with zero attached hydrogens (tertiary/aromatic N) is 2. The van der Waals surface area contributed by atoms with Crippen LogP contribution in [0.2, 0.25) is 0 Å². The quantitative estimate of drug-likeness (QED) is 0.860. The number of para-hydroxylation sites is 1. The van der Waals surface area contributed by atoms with E-state index in [1.54, 1.807) is 29.0 Å². The largest absolute Gasteiger partial charge is 0.489 e. The van der Waals surface area contributed by atoms with Crippen molar-refractivity contribution >= 4 is 17.7 Å². The van der Waals surface area contributed by atoms with E-state index in [1.165, 1.54) is 6.07 Å². The summed E-state index contributed by atoms with van der Waals surface area (Å²) in [5, 5.41) is 12.2. The van der Waals surface area contributed by atoms with Gasteiger partial charge in [0, 0.05) is 20.1 Å². The minimum atomic E-state index is -1.07. The maximum absolute atomic E-state index is 12.5. The summed E-state index contributed by atoms with van der Waals surface area (Å²) < 4.78 is 5.45. The van der Waals surface area contributed by atoms with Crippen LogP contribution in [0.15, 0.2) is 18.2 Å². The molecule has 0 aliphatic carbocycles. The number of carbonyl (C=O) groups is 2. The van der Waals surface area contributed by atoms with Gasteiger partial charge in [0.1, 0.15) is 12.2 Å². The molecule has 0 unspecified atom stereocenters. The summed E-state index contributed by atoms with van der Waals surface area (Å²) in [6.07, 6.45) is 0. The van der Waals surface area contributed by atoms with Crippen molar-refractivity contribution in [2.75, 3.05) is 45.2 Å². The normalized spacial score (nSPS) is 13.3. The molecular formula is C14H19N3O4. The first kappa shape index (κ1) is 15.1. The molecule has 7 heteroatoms. The topological polar surface area (TPSA) is 82.1 Å². The number of hydrogen-bond acceptors (Lipinski definition) is 4. The van der Waals surface area contributed by atoms with Crippen LogP contribution >= 0.6 is 0 Å². The minimum Gasteiger partial charge on any atom is -0.489 e. The van der Waals surface area contributed by atoms with Crippen LogP contribution in [-0.2, 0) is 0 Å². The second kappa shape index (κ2) is 6.45. The standard InChI is InChI=1S/C14H19N3O4/c1-15-6-7-16(2)14(20)17-8-9-21-12-10(13(18)19)4-3-5-11(12)17/h3-5,15H,6-9H2,1-2H3,(H,18,19). The average Bonchev–Trinajstić information content (AvgIpc) is 2.50. The summed E-state index contributed by atoms with van der Waals surface area (Å²) in [4.78, 5) is 26.8. The van der Waals surface area contributed by atoms with E-state index >= 15 is 0 Å². The number of ether oxygens (including phenoxy) is 1. The zero-order valence-corrected chi connectivity index (χ0v) is 12.1. The molecule has 21 heavy (non-hydrogen) atoms. The van der Waals surface area contributed by atoms with Crippen LogP contribution in [0.4, 0.5) is 10.5 Å². The van der Waals surface area contributed by atoms with Gasteiger partial charge in [-0.3, -0.25) is 4.90 Å². The molecule has 114 valence electrons. The van der Waals surface area contributed by atoms with E-state index in [2.05, 4.69) is 5.32 Å². The summed E-state index contributed by atoms with van der Waals surface area (Å²) in [6, 6.07) is 4.62. The number of hydrogen-bond donors (Lipinski definition) is 2. The smallest absolute Gasteiger partial charge is 0.339 e. The number of fused-ring (bicyclic) bond motifs is 1. The van der Waals surface area contributed by atoms with Crippen molar-refractivity contribution in [3.05, 3.63) is 23.8 Å². The number of benzene rings is 1. The number of anilines is 1.